The van der Waals surface area contributed by atoms with Gasteiger partial charge in [-0.25, -0.2) is 15.0 Å². The topological polar surface area (TPSA) is 107 Å². The first-order chi connectivity index (χ1) is 12.3. The van der Waals surface area contributed by atoms with Gasteiger partial charge in [0.05, 0.1) is 18.4 Å². The van der Waals surface area contributed by atoms with E-state index in [-0.39, 0.29) is 5.91 Å². The summed E-state index contributed by atoms with van der Waals surface area (Å²) in [4.78, 5) is 26.6. The molecule has 0 aliphatic heterocycles. The number of hydrogen-bond donors (Lipinski definition) is 1. The fourth-order valence-electron chi connectivity index (χ4n) is 1.73. The molecule has 0 aliphatic rings. The van der Waals surface area contributed by atoms with Gasteiger partial charge in [0.25, 0.3) is 0 Å². The van der Waals surface area contributed by atoms with Crippen LogP contribution in [-0.2, 0) is 4.79 Å². The lowest BCUT2D eigenvalue weighted by Gasteiger charge is -2.24. The van der Waals surface area contributed by atoms with Crippen LogP contribution < -0.4 is 5.73 Å². The minimum absolute atomic E-state index is 0.201. The van der Waals surface area contributed by atoms with E-state index in [0.29, 0.717) is 22.8 Å². The van der Waals surface area contributed by atoms with Crippen LogP contribution in [0.25, 0.3) is 0 Å². The largest absolute Gasteiger partial charge is 0.390 e. The predicted octanol–water partition coefficient (Wildman–Crippen LogP) is 2.75. The molecule has 0 aromatic rings. The van der Waals surface area contributed by atoms with Crippen LogP contribution in [0.2, 0.25) is 0 Å². The van der Waals surface area contributed by atoms with Gasteiger partial charge >= 0.3 is 0 Å². The maximum atomic E-state index is 12.6. The van der Waals surface area contributed by atoms with Gasteiger partial charge in [0.1, 0.15) is 5.84 Å². The molecule has 138 valence electrons. The Kier molecular flexibility index (Phi) is 10.6. The summed E-state index contributed by atoms with van der Waals surface area (Å²) in [5.74, 6) is 0.671. The van der Waals surface area contributed by atoms with Crippen LogP contribution in [0, 0.1) is 11.3 Å². The smallest absolute Gasteiger partial charge is 0.249 e. The zero-order chi connectivity index (χ0) is 20.1. The summed E-state index contributed by atoms with van der Waals surface area (Å²) in [5, 5.41) is 8.66. The van der Waals surface area contributed by atoms with Gasteiger partial charge in [-0.15, -0.1) is 0 Å². The summed E-state index contributed by atoms with van der Waals surface area (Å²) >= 11 is 0. The van der Waals surface area contributed by atoms with Crippen LogP contribution in [0.1, 0.15) is 27.7 Å². The van der Waals surface area contributed by atoms with Crippen LogP contribution >= 0.6 is 0 Å². The lowest BCUT2D eigenvalue weighted by atomic mass is 10.2. The Morgan fingerprint density at radius 3 is 2.58 bits per heavy atom. The van der Waals surface area contributed by atoms with Crippen LogP contribution in [0.5, 0.6) is 0 Å². The Labute approximate surface area is 155 Å². The summed E-state index contributed by atoms with van der Waals surface area (Å²) in [6.07, 6.45) is 9.31. The summed E-state index contributed by atoms with van der Waals surface area (Å²) in [6, 6.07) is 1.49. The number of hydrogen-bond acceptors (Lipinski definition) is 3. The van der Waals surface area contributed by atoms with Crippen molar-refractivity contribution in [1.29, 1.82) is 5.26 Å². The highest BCUT2D eigenvalue weighted by Gasteiger charge is 2.21. The maximum Gasteiger partial charge on any atom is 0.249 e. The maximum absolute atomic E-state index is 12.6. The molecule has 7 heteroatoms. The van der Waals surface area contributed by atoms with Crippen molar-refractivity contribution < 1.29 is 4.79 Å². The first-order valence-corrected chi connectivity index (χ1v) is 7.98. The third kappa shape index (κ3) is 8.02. The van der Waals surface area contributed by atoms with Gasteiger partial charge in [-0.3, -0.25) is 4.79 Å². The number of amides is 1. The van der Waals surface area contributed by atoms with E-state index < -0.39 is 6.04 Å². The first-order valence-electron chi connectivity index (χ1n) is 7.98. The third-order valence-electron chi connectivity index (χ3n) is 3.29. The van der Waals surface area contributed by atoms with E-state index in [1.54, 1.807) is 52.2 Å². The molecule has 0 spiro atoms. The molecule has 0 bridgehead atoms. The number of carbonyl (C=O) groups is 1. The monoisotopic (exact) mass is 354 g/mol. The fourth-order valence-corrected chi connectivity index (χ4v) is 1.73. The van der Waals surface area contributed by atoms with Crippen LogP contribution in [0.4, 0.5) is 0 Å². The normalized spacial score (nSPS) is 14.8. The van der Waals surface area contributed by atoms with Crippen molar-refractivity contribution in [3.05, 3.63) is 48.2 Å². The predicted molar refractivity (Wildman–Crippen MR) is 108 cm³/mol. The van der Waals surface area contributed by atoms with Crippen molar-refractivity contribution in [3.8, 4) is 6.07 Å². The molecule has 0 saturated carbocycles. The lowest BCUT2D eigenvalue weighted by molar-refractivity contribution is -0.126. The second-order valence-electron chi connectivity index (χ2n) is 5.34. The minimum Gasteiger partial charge on any atom is -0.390 e. The SMILES string of the molecule is C=C(C#N)/C=C\C=C(/C)C(=O)N(C)C(C)C(N=CN)=NC(C)=N/C=C\C. The second-order valence-corrected chi connectivity index (χ2v) is 5.34. The van der Waals surface area contributed by atoms with Gasteiger partial charge in [0.2, 0.25) is 5.91 Å². The molecule has 1 amide bonds. The highest BCUT2D eigenvalue weighted by atomic mass is 16.2. The molecule has 0 rings (SSSR count). The van der Waals surface area contributed by atoms with E-state index >= 15 is 0 Å². The molecule has 26 heavy (non-hydrogen) atoms. The van der Waals surface area contributed by atoms with Crippen molar-refractivity contribution in [2.45, 2.75) is 33.7 Å². The number of nitriles is 1. The van der Waals surface area contributed by atoms with E-state index in [9.17, 15) is 4.79 Å². The standard InChI is InChI=1S/C19H26N6O/c1-7-11-22-17(5)24-18(23-13-21)16(4)25(6)19(26)15(3)10-8-9-14(2)12-20/h7-11,13,16H,2H2,1,3-6H3,(H2,21,22,23,24)/b9-8-,11-7-,15-10+. The van der Waals surface area contributed by atoms with Crippen molar-refractivity contribution in [2.75, 3.05) is 7.05 Å². The summed E-state index contributed by atoms with van der Waals surface area (Å²) in [6.45, 7) is 10.6. The summed E-state index contributed by atoms with van der Waals surface area (Å²) in [7, 11) is 1.66. The number of aliphatic imine (C=N–C) groups is 3. The van der Waals surface area contributed by atoms with Gasteiger partial charge in [-0.05, 0) is 33.8 Å². The molecule has 7 nitrogen and oxygen atoms in total. The van der Waals surface area contributed by atoms with E-state index in [1.807, 2.05) is 13.0 Å². The van der Waals surface area contributed by atoms with E-state index in [1.165, 1.54) is 11.0 Å². The molecule has 0 heterocycles. The summed E-state index contributed by atoms with van der Waals surface area (Å²) in [5.41, 5.74) is 6.21. The molecule has 1 atom stereocenters. The third-order valence-corrected chi connectivity index (χ3v) is 3.29. The van der Waals surface area contributed by atoms with Crippen LogP contribution in [-0.4, -0.2) is 41.9 Å². The Balaban J connectivity index is 5.44. The molecular weight excluding hydrogens is 328 g/mol. The molecule has 0 aromatic carbocycles. The van der Waals surface area contributed by atoms with Crippen molar-refractivity contribution in [2.24, 2.45) is 20.7 Å². The second kappa shape index (κ2) is 12.1. The molecule has 2 N–H and O–H groups in total. The van der Waals surface area contributed by atoms with Crippen molar-refractivity contribution >= 4 is 23.9 Å². The van der Waals surface area contributed by atoms with E-state index in [2.05, 4.69) is 21.6 Å². The number of carbonyl (C=O) groups excluding carboxylic acids is 1. The average Bonchev–Trinajstić information content (AvgIpc) is 2.63. The molecule has 1 unspecified atom stereocenters. The Morgan fingerprint density at radius 1 is 1.38 bits per heavy atom. The number of nitrogens with two attached hydrogens (primary N) is 1. The van der Waals surface area contributed by atoms with Gasteiger partial charge in [-0.2, -0.15) is 5.26 Å². The van der Waals surface area contributed by atoms with E-state index in [4.69, 9.17) is 11.0 Å². The van der Waals surface area contributed by atoms with Gasteiger partial charge < -0.3 is 10.6 Å². The number of rotatable bonds is 6. The molecule has 0 aliphatic carbocycles. The van der Waals surface area contributed by atoms with Gasteiger partial charge in [0, 0.05) is 24.4 Å². The Bertz CT molecular complexity index is 732. The molecular formula is C19H26N6O. The molecule has 0 radical (unpaired) electrons. The van der Waals surface area contributed by atoms with Crippen LogP contribution in [0.15, 0.2) is 63.2 Å². The highest BCUT2D eigenvalue weighted by molar-refractivity contribution is 6.04. The average molecular weight is 354 g/mol. The molecule has 0 saturated heterocycles. The van der Waals surface area contributed by atoms with Gasteiger partial charge in [-0.1, -0.05) is 24.8 Å². The van der Waals surface area contributed by atoms with Crippen molar-refractivity contribution in [1.82, 2.24) is 4.90 Å². The first kappa shape index (κ1) is 22.7. The van der Waals surface area contributed by atoms with Gasteiger partial charge in [0.15, 0.2) is 5.84 Å². The van der Waals surface area contributed by atoms with E-state index in [0.717, 1.165) is 6.34 Å². The van der Waals surface area contributed by atoms with Crippen LogP contribution in [0.3, 0.4) is 0 Å². The Morgan fingerprint density at radius 2 is 2.04 bits per heavy atom. The number of nitrogens with zero attached hydrogens (tertiary/aromatic N) is 5. The molecule has 0 aromatic heterocycles. The quantitative estimate of drug-likeness (QED) is 0.260. The number of allylic oxidation sites excluding steroid dienone is 5. The number of likely N-dealkylation sites (N-methyl/N-ethyl adjacent to an activating group) is 1. The number of amidine groups is 2. The fraction of sp³-hybridized carbons (Fsp3) is 0.316. The summed E-state index contributed by atoms with van der Waals surface area (Å²) < 4.78 is 0. The Hall–Kier alpha value is -3.27. The highest BCUT2D eigenvalue weighted by Crippen LogP contribution is 2.08. The van der Waals surface area contributed by atoms with Crippen molar-refractivity contribution in [3.63, 3.8) is 0 Å². The molecule has 0 fully saturated rings. The zero-order valence-corrected chi connectivity index (χ0v) is 16.0. The zero-order valence-electron chi connectivity index (χ0n) is 16.0. The lowest BCUT2D eigenvalue weighted by Crippen LogP contribution is -2.40. The minimum atomic E-state index is -0.417.